The van der Waals surface area contributed by atoms with Crippen LogP contribution >= 0.6 is 0 Å². The van der Waals surface area contributed by atoms with Gasteiger partial charge in [-0.2, -0.15) is 0 Å². The summed E-state index contributed by atoms with van der Waals surface area (Å²) in [5, 5.41) is 3.43. The molecular weight excluding hydrogens is 152 g/mol. The lowest BCUT2D eigenvalue weighted by atomic mass is 10.2. The van der Waals surface area contributed by atoms with Gasteiger partial charge in [-0.3, -0.25) is 0 Å². The van der Waals surface area contributed by atoms with Gasteiger partial charge in [0.2, 0.25) is 0 Å². The molecule has 2 atom stereocenters. The van der Waals surface area contributed by atoms with Gasteiger partial charge >= 0.3 is 0 Å². The van der Waals surface area contributed by atoms with E-state index < -0.39 is 0 Å². The molecule has 12 heavy (non-hydrogen) atoms. The molecule has 72 valence electrons. The third-order valence-corrected chi connectivity index (χ3v) is 2.51. The first-order chi connectivity index (χ1) is 5.77. The topological polar surface area (TPSA) is 47.3 Å². The van der Waals surface area contributed by atoms with E-state index in [1.807, 2.05) is 0 Å². The maximum atomic E-state index is 5.64. The molecule has 3 N–H and O–H groups in total. The summed E-state index contributed by atoms with van der Waals surface area (Å²) in [7, 11) is 1.74. The molecule has 0 heterocycles. The van der Waals surface area contributed by atoms with Gasteiger partial charge in [-0.15, -0.1) is 0 Å². The fourth-order valence-electron chi connectivity index (χ4n) is 1.34. The number of hydrogen-bond donors (Lipinski definition) is 2. The molecule has 2 unspecified atom stereocenters. The third-order valence-electron chi connectivity index (χ3n) is 2.51. The van der Waals surface area contributed by atoms with Crippen molar-refractivity contribution in [3.05, 3.63) is 0 Å². The van der Waals surface area contributed by atoms with E-state index >= 15 is 0 Å². The summed E-state index contributed by atoms with van der Waals surface area (Å²) >= 11 is 0. The molecule has 0 saturated heterocycles. The minimum atomic E-state index is 0.290. The molecule has 1 fully saturated rings. The molecule has 1 saturated carbocycles. The fourth-order valence-corrected chi connectivity index (χ4v) is 1.34. The molecule has 0 aliphatic heterocycles. The van der Waals surface area contributed by atoms with Crippen molar-refractivity contribution in [2.45, 2.75) is 31.9 Å². The Morgan fingerprint density at radius 3 is 2.67 bits per heavy atom. The SMILES string of the molecule is COC(C)CNC(CN)C1CC1. The molecule has 0 bridgehead atoms. The van der Waals surface area contributed by atoms with Crippen LogP contribution in [0.4, 0.5) is 0 Å². The first-order valence-corrected chi connectivity index (χ1v) is 4.74. The van der Waals surface area contributed by atoms with Crippen LogP contribution < -0.4 is 11.1 Å². The maximum Gasteiger partial charge on any atom is 0.0667 e. The van der Waals surface area contributed by atoms with Crippen molar-refractivity contribution in [1.82, 2.24) is 5.32 Å². The third kappa shape index (κ3) is 3.09. The van der Waals surface area contributed by atoms with Crippen LogP contribution in [-0.2, 0) is 4.74 Å². The highest BCUT2D eigenvalue weighted by molar-refractivity contribution is 4.87. The average Bonchev–Trinajstić information content (AvgIpc) is 2.89. The zero-order valence-electron chi connectivity index (χ0n) is 8.05. The Labute approximate surface area is 74.7 Å². The van der Waals surface area contributed by atoms with E-state index in [9.17, 15) is 0 Å². The number of ether oxygens (including phenoxy) is 1. The highest BCUT2D eigenvalue weighted by Gasteiger charge is 2.29. The number of nitrogens with two attached hydrogens (primary N) is 1. The van der Waals surface area contributed by atoms with Crippen molar-refractivity contribution >= 4 is 0 Å². The monoisotopic (exact) mass is 172 g/mol. The Morgan fingerprint density at radius 1 is 1.58 bits per heavy atom. The molecule has 0 spiro atoms. The molecule has 1 aliphatic carbocycles. The van der Waals surface area contributed by atoms with Crippen LogP contribution in [0.15, 0.2) is 0 Å². The molecule has 1 rings (SSSR count). The molecular formula is C9H20N2O. The summed E-state index contributed by atoms with van der Waals surface area (Å²) in [6.45, 7) is 3.73. The summed E-state index contributed by atoms with van der Waals surface area (Å²) in [5.41, 5.74) is 5.64. The van der Waals surface area contributed by atoms with E-state index in [4.69, 9.17) is 10.5 Å². The van der Waals surface area contributed by atoms with Gasteiger partial charge in [-0.05, 0) is 25.7 Å². The van der Waals surface area contributed by atoms with Crippen LogP contribution in [0, 0.1) is 5.92 Å². The second kappa shape index (κ2) is 4.80. The Morgan fingerprint density at radius 2 is 2.25 bits per heavy atom. The predicted molar refractivity (Wildman–Crippen MR) is 50.0 cm³/mol. The van der Waals surface area contributed by atoms with Crippen LogP contribution in [0.3, 0.4) is 0 Å². The zero-order chi connectivity index (χ0) is 8.97. The summed E-state index contributed by atoms with van der Waals surface area (Å²) in [5.74, 6) is 0.832. The molecule has 0 aromatic rings. The largest absolute Gasteiger partial charge is 0.380 e. The molecule has 0 radical (unpaired) electrons. The molecule has 1 aliphatic rings. The van der Waals surface area contributed by atoms with Gasteiger partial charge in [-0.25, -0.2) is 0 Å². The minimum absolute atomic E-state index is 0.290. The van der Waals surface area contributed by atoms with Crippen molar-refractivity contribution in [2.24, 2.45) is 11.7 Å². The van der Waals surface area contributed by atoms with E-state index in [0.717, 1.165) is 19.0 Å². The molecule has 3 nitrogen and oxygen atoms in total. The fraction of sp³-hybridized carbons (Fsp3) is 1.00. The van der Waals surface area contributed by atoms with Gasteiger partial charge in [0.25, 0.3) is 0 Å². The van der Waals surface area contributed by atoms with Crippen LogP contribution in [0.2, 0.25) is 0 Å². The van der Waals surface area contributed by atoms with Crippen LogP contribution in [0.5, 0.6) is 0 Å². The highest BCUT2D eigenvalue weighted by atomic mass is 16.5. The normalized spacial score (nSPS) is 22.2. The van der Waals surface area contributed by atoms with E-state index in [0.29, 0.717) is 6.04 Å². The summed E-state index contributed by atoms with van der Waals surface area (Å²) in [6.07, 6.45) is 2.98. The lowest BCUT2D eigenvalue weighted by molar-refractivity contribution is 0.113. The van der Waals surface area contributed by atoms with Gasteiger partial charge in [-0.1, -0.05) is 0 Å². The Hall–Kier alpha value is -0.120. The highest BCUT2D eigenvalue weighted by Crippen LogP contribution is 2.32. The maximum absolute atomic E-state index is 5.64. The van der Waals surface area contributed by atoms with Gasteiger partial charge in [0.1, 0.15) is 0 Å². The van der Waals surface area contributed by atoms with E-state index in [2.05, 4.69) is 12.2 Å². The number of methoxy groups -OCH3 is 1. The van der Waals surface area contributed by atoms with Crippen LogP contribution in [0.25, 0.3) is 0 Å². The number of nitrogens with one attached hydrogen (secondary N) is 1. The second-order valence-corrected chi connectivity index (χ2v) is 3.63. The van der Waals surface area contributed by atoms with E-state index in [-0.39, 0.29) is 6.10 Å². The summed E-state index contributed by atoms with van der Waals surface area (Å²) in [4.78, 5) is 0. The Kier molecular flexibility index (Phi) is 3.98. The first kappa shape index (κ1) is 9.96. The quantitative estimate of drug-likeness (QED) is 0.607. The standard InChI is InChI=1S/C9H20N2O/c1-7(12-2)6-11-9(5-10)8-3-4-8/h7-9,11H,3-6,10H2,1-2H3. The van der Waals surface area contributed by atoms with Crippen LogP contribution in [-0.4, -0.2) is 32.3 Å². The van der Waals surface area contributed by atoms with Crippen molar-refractivity contribution in [2.75, 3.05) is 20.2 Å². The summed E-state index contributed by atoms with van der Waals surface area (Å²) in [6, 6.07) is 0.516. The average molecular weight is 172 g/mol. The van der Waals surface area contributed by atoms with E-state index in [1.165, 1.54) is 12.8 Å². The molecule has 0 aromatic heterocycles. The lowest BCUT2D eigenvalue weighted by Crippen LogP contribution is -2.41. The molecule has 0 amide bonds. The first-order valence-electron chi connectivity index (χ1n) is 4.74. The zero-order valence-corrected chi connectivity index (χ0v) is 8.05. The minimum Gasteiger partial charge on any atom is -0.380 e. The van der Waals surface area contributed by atoms with Gasteiger partial charge in [0.15, 0.2) is 0 Å². The van der Waals surface area contributed by atoms with Crippen molar-refractivity contribution in [1.29, 1.82) is 0 Å². The van der Waals surface area contributed by atoms with Crippen LogP contribution in [0.1, 0.15) is 19.8 Å². The smallest absolute Gasteiger partial charge is 0.0667 e. The van der Waals surface area contributed by atoms with E-state index in [1.54, 1.807) is 7.11 Å². The predicted octanol–water partition coefficient (Wildman–Crippen LogP) is 0.348. The van der Waals surface area contributed by atoms with Gasteiger partial charge < -0.3 is 15.8 Å². The molecule has 0 aromatic carbocycles. The van der Waals surface area contributed by atoms with Crippen molar-refractivity contribution in [3.63, 3.8) is 0 Å². The second-order valence-electron chi connectivity index (χ2n) is 3.63. The number of rotatable bonds is 6. The Balaban J connectivity index is 2.10. The molecule has 3 heteroatoms. The number of hydrogen-bond acceptors (Lipinski definition) is 3. The van der Waals surface area contributed by atoms with Crippen molar-refractivity contribution < 1.29 is 4.74 Å². The van der Waals surface area contributed by atoms with Gasteiger partial charge in [0.05, 0.1) is 6.10 Å². The lowest BCUT2D eigenvalue weighted by Gasteiger charge is -2.18. The van der Waals surface area contributed by atoms with Crippen molar-refractivity contribution in [3.8, 4) is 0 Å². The Bertz CT molecular complexity index is 126. The summed E-state index contributed by atoms with van der Waals surface area (Å²) < 4.78 is 5.14. The van der Waals surface area contributed by atoms with Gasteiger partial charge in [0, 0.05) is 26.2 Å².